The fourth-order valence-corrected chi connectivity index (χ4v) is 2.03. The zero-order valence-electron chi connectivity index (χ0n) is 10.1. The first kappa shape index (κ1) is 12.0. The Morgan fingerprint density at radius 2 is 2.00 bits per heavy atom. The van der Waals surface area contributed by atoms with Crippen LogP contribution in [0.15, 0.2) is 0 Å². The lowest BCUT2D eigenvalue weighted by atomic mass is 9.92. The summed E-state index contributed by atoms with van der Waals surface area (Å²) in [6.07, 6.45) is 0. The average molecular weight is 199 g/mol. The van der Waals surface area contributed by atoms with Crippen molar-refractivity contribution in [1.29, 1.82) is 0 Å². The topological polar surface area (TPSA) is 32.5 Å². The molecule has 0 aromatic rings. The first-order chi connectivity index (χ1) is 6.44. The highest BCUT2D eigenvalue weighted by Crippen LogP contribution is 2.18. The number of piperazine rings is 1. The molecule has 0 bridgehead atoms. The van der Waals surface area contributed by atoms with Gasteiger partial charge in [-0.3, -0.25) is 4.90 Å². The van der Waals surface area contributed by atoms with Crippen molar-refractivity contribution in [1.82, 2.24) is 9.80 Å². The van der Waals surface area contributed by atoms with Crippen LogP contribution in [0.5, 0.6) is 0 Å². The quantitative estimate of drug-likeness (QED) is 0.723. The van der Waals surface area contributed by atoms with E-state index in [-0.39, 0.29) is 5.41 Å². The van der Waals surface area contributed by atoms with Gasteiger partial charge in [0.05, 0.1) is 0 Å². The highest BCUT2D eigenvalue weighted by Gasteiger charge is 2.26. The summed E-state index contributed by atoms with van der Waals surface area (Å²) in [5.41, 5.74) is 6.01. The molecule has 1 saturated heterocycles. The van der Waals surface area contributed by atoms with Crippen LogP contribution in [-0.4, -0.2) is 55.6 Å². The summed E-state index contributed by atoms with van der Waals surface area (Å²) in [6.45, 7) is 12.2. The van der Waals surface area contributed by atoms with Gasteiger partial charge < -0.3 is 10.6 Å². The lowest BCUT2D eigenvalue weighted by Gasteiger charge is -2.41. The molecule has 1 aliphatic heterocycles. The minimum atomic E-state index is 0.254. The Morgan fingerprint density at radius 3 is 2.50 bits per heavy atom. The van der Waals surface area contributed by atoms with Crippen LogP contribution in [0, 0.1) is 5.41 Å². The first-order valence-electron chi connectivity index (χ1n) is 5.57. The minimum Gasteiger partial charge on any atom is -0.330 e. The molecular formula is C11H25N3. The van der Waals surface area contributed by atoms with Gasteiger partial charge in [0.15, 0.2) is 0 Å². The second-order valence-corrected chi connectivity index (χ2v) is 5.45. The fourth-order valence-electron chi connectivity index (χ4n) is 2.03. The molecule has 0 spiro atoms. The highest BCUT2D eigenvalue weighted by atomic mass is 15.3. The summed E-state index contributed by atoms with van der Waals surface area (Å²) >= 11 is 0. The molecule has 1 unspecified atom stereocenters. The van der Waals surface area contributed by atoms with Gasteiger partial charge in [-0.1, -0.05) is 13.8 Å². The Balaban J connectivity index is 2.45. The molecule has 14 heavy (non-hydrogen) atoms. The lowest BCUT2D eigenvalue weighted by molar-refractivity contribution is 0.0676. The molecule has 3 nitrogen and oxygen atoms in total. The van der Waals surface area contributed by atoms with Crippen LogP contribution in [0.2, 0.25) is 0 Å². The molecular weight excluding hydrogens is 174 g/mol. The van der Waals surface area contributed by atoms with Crippen LogP contribution in [0.1, 0.15) is 20.8 Å². The SMILES string of the molecule is CC1CN(C)CCN1CC(C)(C)CN. The Hall–Kier alpha value is -0.120. The maximum atomic E-state index is 5.76. The Bertz CT molecular complexity index is 179. The summed E-state index contributed by atoms with van der Waals surface area (Å²) in [6, 6.07) is 0.666. The molecule has 3 heteroatoms. The maximum Gasteiger partial charge on any atom is 0.0195 e. The van der Waals surface area contributed by atoms with Gasteiger partial charge in [0.2, 0.25) is 0 Å². The predicted octanol–water partition coefficient (Wildman–Crippen LogP) is 0.607. The molecule has 1 heterocycles. The maximum absolute atomic E-state index is 5.76. The van der Waals surface area contributed by atoms with E-state index in [0.29, 0.717) is 6.04 Å². The van der Waals surface area contributed by atoms with Crippen molar-refractivity contribution < 1.29 is 0 Å². The van der Waals surface area contributed by atoms with Crippen LogP contribution in [0.3, 0.4) is 0 Å². The van der Waals surface area contributed by atoms with Gasteiger partial charge in [-0.15, -0.1) is 0 Å². The van der Waals surface area contributed by atoms with Crippen LogP contribution in [-0.2, 0) is 0 Å². The third kappa shape index (κ3) is 3.23. The zero-order valence-corrected chi connectivity index (χ0v) is 10.1. The van der Waals surface area contributed by atoms with Gasteiger partial charge in [-0.25, -0.2) is 0 Å². The van der Waals surface area contributed by atoms with E-state index in [1.165, 1.54) is 19.6 Å². The molecule has 0 aromatic heterocycles. The molecule has 2 N–H and O–H groups in total. The van der Waals surface area contributed by atoms with E-state index in [1.807, 2.05) is 0 Å². The number of hydrogen-bond acceptors (Lipinski definition) is 3. The van der Waals surface area contributed by atoms with Crippen molar-refractivity contribution in [3.63, 3.8) is 0 Å². The normalized spacial score (nSPS) is 26.8. The molecule has 0 saturated carbocycles. The van der Waals surface area contributed by atoms with Crippen LogP contribution >= 0.6 is 0 Å². The molecule has 0 radical (unpaired) electrons. The van der Waals surface area contributed by atoms with Gasteiger partial charge in [0, 0.05) is 32.2 Å². The third-order valence-corrected chi connectivity index (χ3v) is 3.15. The number of rotatable bonds is 3. The summed E-state index contributed by atoms with van der Waals surface area (Å²) in [5.74, 6) is 0. The van der Waals surface area contributed by atoms with E-state index < -0.39 is 0 Å². The van der Waals surface area contributed by atoms with E-state index in [9.17, 15) is 0 Å². The molecule has 1 atom stereocenters. The highest BCUT2D eigenvalue weighted by molar-refractivity contribution is 4.82. The van der Waals surface area contributed by atoms with Gasteiger partial charge >= 0.3 is 0 Å². The lowest BCUT2D eigenvalue weighted by Crippen LogP contribution is -2.53. The second kappa shape index (κ2) is 4.60. The summed E-state index contributed by atoms with van der Waals surface area (Å²) in [4.78, 5) is 4.96. The number of hydrogen-bond donors (Lipinski definition) is 1. The molecule has 0 amide bonds. The smallest absolute Gasteiger partial charge is 0.0195 e. The Kier molecular flexibility index (Phi) is 3.93. The van der Waals surface area contributed by atoms with Crippen LogP contribution < -0.4 is 5.73 Å². The van der Waals surface area contributed by atoms with Gasteiger partial charge in [0.25, 0.3) is 0 Å². The molecule has 0 aliphatic carbocycles. The van der Waals surface area contributed by atoms with E-state index in [0.717, 1.165) is 13.1 Å². The van der Waals surface area contributed by atoms with E-state index >= 15 is 0 Å². The minimum absolute atomic E-state index is 0.254. The average Bonchev–Trinajstić information content (AvgIpc) is 2.10. The summed E-state index contributed by atoms with van der Waals surface area (Å²) in [5, 5.41) is 0. The van der Waals surface area contributed by atoms with Crippen molar-refractivity contribution in [2.24, 2.45) is 11.1 Å². The molecule has 1 rings (SSSR count). The molecule has 0 aromatic carbocycles. The largest absolute Gasteiger partial charge is 0.330 e. The predicted molar refractivity (Wildman–Crippen MR) is 61.4 cm³/mol. The zero-order chi connectivity index (χ0) is 10.8. The molecule has 1 aliphatic rings. The molecule has 1 fully saturated rings. The first-order valence-corrected chi connectivity index (χ1v) is 5.57. The number of nitrogens with zero attached hydrogens (tertiary/aromatic N) is 2. The van der Waals surface area contributed by atoms with Crippen molar-refractivity contribution in [3.05, 3.63) is 0 Å². The van der Waals surface area contributed by atoms with E-state index in [4.69, 9.17) is 5.73 Å². The van der Waals surface area contributed by atoms with Gasteiger partial charge in [-0.2, -0.15) is 0 Å². The number of nitrogens with two attached hydrogens (primary N) is 1. The summed E-state index contributed by atoms with van der Waals surface area (Å²) < 4.78 is 0. The Morgan fingerprint density at radius 1 is 1.36 bits per heavy atom. The fraction of sp³-hybridized carbons (Fsp3) is 1.00. The molecule has 84 valence electrons. The second-order valence-electron chi connectivity index (χ2n) is 5.45. The standard InChI is InChI=1S/C11H25N3/c1-10-7-13(4)5-6-14(10)9-11(2,3)8-12/h10H,5-9,12H2,1-4H3. The van der Waals surface area contributed by atoms with Crippen molar-refractivity contribution >= 4 is 0 Å². The summed E-state index contributed by atoms with van der Waals surface area (Å²) in [7, 11) is 2.20. The monoisotopic (exact) mass is 199 g/mol. The van der Waals surface area contributed by atoms with Gasteiger partial charge in [0.1, 0.15) is 0 Å². The van der Waals surface area contributed by atoms with Crippen molar-refractivity contribution in [3.8, 4) is 0 Å². The van der Waals surface area contributed by atoms with E-state index in [2.05, 4.69) is 37.6 Å². The van der Waals surface area contributed by atoms with Crippen LogP contribution in [0.4, 0.5) is 0 Å². The van der Waals surface area contributed by atoms with Crippen molar-refractivity contribution in [2.45, 2.75) is 26.8 Å². The van der Waals surface area contributed by atoms with Crippen molar-refractivity contribution in [2.75, 3.05) is 39.8 Å². The third-order valence-electron chi connectivity index (χ3n) is 3.15. The van der Waals surface area contributed by atoms with E-state index in [1.54, 1.807) is 0 Å². The Labute approximate surface area is 88.2 Å². The number of likely N-dealkylation sites (N-methyl/N-ethyl adjacent to an activating group) is 1. The van der Waals surface area contributed by atoms with Crippen LogP contribution in [0.25, 0.3) is 0 Å². The van der Waals surface area contributed by atoms with Gasteiger partial charge in [-0.05, 0) is 25.9 Å².